The fraction of sp³-hybridized carbons (Fsp3) is 0.143. The highest BCUT2D eigenvalue weighted by Crippen LogP contribution is 2.24. The van der Waals surface area contributed by atoms with E-state index in [-0.39, 0.29) is 16.6 Å². The van der Waals surface area contributed by atoms with Crippen LogP contribution in [0.25, 0.3) is 5.69 Å². The van der Waals surface area contributed by atoms with Gasteiger partial charge in [0.25, 0.3) is 0 Å². The van der Waals surface area contributed by atoms with E-state index in [1.165, 1.54) is 23.0 Å². The van der Waals surface area contributed by atoms with Crippen LogP contribution in [-0.2, 0) is 0 Å². The van der Waals surface area contributed by atoms with Crippen LogP contribution in [0.1, 0.15) is 32.7 Å². The van der Waals surface area contributed by atoms with E-state index in [1.807, 2.05) is 32.0 Å². The maximum Gasteiger partial charge on any atom is 0.335 e. The Kier molecular flexibility index (Phi) is 6.12. The zero-order chi connectivity index (χ0) is 21.8. The molecule has 0 radical (unpaired) electrons. The Bertz CT molecular complexity index is 1130. The molecule has 0 fully saturated rings. The van der Waals surface area contributed by atoms with Gasteiger partial charge in [-0.3, -0.25) is 5.43 Å². The number of benzene rings is 2. The highest BCUT2D eigenvalue weighted by atomic mass is 32.1. The molecular weight excluding hydrogens is 402 g/mol. The molecule has 0 spiro atoms. The van der Waals surface area contributed by atoms with Crippen molar-refractivity contribution in [3.05, 3.63) is 70.4 Å². The molecule has 0 aliphatic heterocycles. The number of hydrogen-bond acceptors (Lipinski definition) is 5. The molecule has 154 valence electrons. The lowest BCUT2D eigenvalue weighted by Crippen LogP contribution is -2.24. The lowest BCUT2D eigenvalue weighted by molar-refractivity contribution is 0.0697. The Morgan fingerprint density at radius 2 is 1.87 bits per heavy atom. The lowest BCUT2D eigenvalue weighted by atomic mass is 10.1. The van der Waals surface area contributed by atoms with Crippen molar-refractivity contribution in [3.63, 3.8) is 0 Å². The SMILES string of the molecule is Cc1cc(C)cc(-n2nc(C)c(C=NNC(=S)Nc3cccc(C(=O)O)c3)c2O)c1. The summed E-state index contributed by atoms with van der Waals surface area (Å²) in [5.41, 5.74) is 7.26. The molecule has 0 saturated carbocycles. The summed E-state index contributed by atoms with van der Waals surface area (Å²) in [7, 11) is 0. The van der Waals surface area contributed by atoms with Crippen molar-refractivity contribution < 1.29 is 15.0 Å². The third kappa shape index (κ3) is 4.81. The normalized spacial score (nSPS) is 10.9. The maximum atomic E-state index is 11.0. The molecule has 2 aromatic carbocycles. The maximum absolute atomic E-state index is 11.0. The van der Waals surface area contributed by atoms with Crippen LogP contribution in [0.2, 0.25) is 0 Å². The average Bonchev–Trinajstić information content (AvgIpc) is 2.95. The van der Waals surface area contributed by atoms with E-state index in [0.29, 0.717) is 16.9 Å². The topological polar surface area (TPSA) is 112 Å². The first-order valence-corrected chi connectivity index (χ1v) is 9.46. The Hall–Kier alpha value is -3.72. The predicted octanol–water partition coefficient (Wildman–Crippen LogP) is 3.52. The number of aromatic nitrogens is 2. The summed E-state index contributed by atoms with van der Waals surface area (Å²) >= 11 is 5.17. The van der Waals surface area contributed by atoms with Gasteiger partial charge in [-0.25, -0.2) is 9.48 Å². The smallest absolute Gasteiger partial charge is 0.335 e. The van der Waals surface area contributed by atoms with Crippen LogP contribution in [0.4, 0.5) is 5.69 Å². The van der Waals surface area contributed by atoms with E-state index >= 15 is 0 Å². The minimum Gasteiger partial charge on any atom is -0.493 e. The van der Waals surface area contributed by atoms with Gasteiger partial charge in [0.15, 0.2) is 5.11 Å². The van der Waals surface area contributed by atoms with Crippen molar-refractivity contribution in [2.75, 3.05) is 5.32 Å². The van der Waals surface area contributed by atoms with Gasteiger partial charge in [0.2, 0.25) is 5.88 Å². The van der Waals surface area contributed by atoms with Crippen molar-refractivity contribution in [3.8, 4) is 11.6 Å². The van der Waals surface area contributed by atoms with Gasteiger partial charge in [-0.05, 0) is 74.4 Å². The molecule has 0 bridgehead atoms. The van der Waals surface area contributed by atoms with E-state index in [4.69, 9.17) is 17.3 Å². The molecule has 0 aliphatic carbocycles. The molecule has 1 aromatic heterocycles. The Morgan fingerprint density at radius 3 is 2.53 bits per heavy atom. The van der Waals surface area contributed by atoms with Gasteiger partial charge in [0.1, 0.15) is 0 Å². The first kappa shape index (κ1) is 21.0. The molecule has 8 nitrogen and oxygen atoms in total. The zero-order valence-corrected chi connectivity index (χ0v) is 17.5. The Morgan fingerprint density at radius 1 is 1.17 bits per heavy atom. The Balaban J connectivity index is 1.72. The molecule has 0 amide bonds. The van der Waals surface area contributed by atoms with Gasteiger partial charge in [-0.2, -0.15) is 10.2 Å². The molecule has 9 heteroatoms. The number of carboxylic acids is 1. The monoisotopic (exact) mass is 423 g/mol. The summed E-state index contributed by atoms with van der Waals surface area (Å²) in [5, 5.41) is 31.1. The molecule has 3 aromatic rings. The molecule has 0 atom stereocenters. The number of aromatic carboxylic acids is 1. The number of anilines is 1. The molecule has 0 saturated heterocycles. The van der Waals surface area contributed by atoms with Gasteiger partial charge in [-0.1, -0.05) is 12.1 Å². The molecule has 0 unspecified atom stereocenters. The van der Waals surface area contributed by atoms with E-state index in [0.717, 1.165) is 16.8 Å². The molecular formula is C21H21N5O3S. The van der Waals surface area contributed by atoms with Gasteiger partial charge >= 0.3 is 5.97 Å². The highest BCUT2D eigenvalue weighted by Gasteiger charge is 2.14. The summed E-state index contributed by atoms with van der Waals surface area (Å²) in [6, 6.07) is 12.2. The molecule has 4 N–H and O–H groups in total. The van der Waals surface area contributed by atoms with E-state index in [1.54, 1.807) is 19.1 Å². The number of hydrazone groups is 1. The van der Waals surface area contributed by atoms with Crippen LogP contribution in [0.5, 0.6) is 5.88 Å². The van der Waals surface area contributed by atoms with Crippen LogP contribution < -0.4 is 10.7 Å². The van der Waals surface area contributed by atoms with Crippen molar-refractivity contribution >= 4 is 35.2 Å². The number of nitrogens with zero attached hydrogens (tertiary/aromatic N) is 3. The zero-order valence-electron chi connectivity index (χ0n) is 16.7. The van der Waals surface area contributed by atoms with Crippen LogP contribution in [0.15, 0.2) is 47.6 Å². The second kappa shape index (κ2) is 8.75. The molecule has 3 rings (SSSR count). The quantitative estimate of drug-likeness (QED) is 0.282. The van der Waals surface area contributed by atoms with Crippen LogP contribution in [0.3, 0.4) is 0 Å². The second-order valence-corrected chi connectivity index (χ2v) is 7.20. The second-order valence-electron chi connectivity index (χ2n) is 6.79. The largest absolute Gasteiger partial charge is 0.493 e. The standard InChI is InChI=1S/C21H21N5O3S/c1-12-7-13(2)9-17(8-12)26-19(27)18(14(3)25-26)11-22-24-21(30)23-16-6-4-5-15(10-16)20(28)29/h4-11,27H,1-3H3,(H,28,29)(H2,23,24,30). The minimum absolute atomic E-state index is 0.0314. The van der Waals surface area contributed by atoms with Crippen LogP contribution in [0, 0.1) is 20.8 Å². The number of nitrogens with one attached hydrogen (secondary N) is 2. The number of rotatable bonds is 5. The summed E-state index contributed by atoms with van der Waals surface area (Å²) in [4.78, 5) is 11.0. The number of carboxylic acid groups (broad SMARTS) is 1. The van der Waals surface area contributed by atoms with E-state index in [9.17, 15) is 9.90 Å². The van der Waals surface area contributed by atoms with Gasteiger partial charge in [0, 0.05) is 5.69 Å². The Labute approximate surface area is 178 Å². The summed E-state index contributed by atoms with van der Waals surface area (Å²) in [5.74, 6) is -1.06. The summed E-state index contributed by atoms with van der Waals surface area (Å²) in [6.07, 6.45) is 1.43. The van der Waals surface area contributed by atoms with Crippen molar-refractivity contribution in [2.45, 2.75) is 20.8 Å². The van der Waals surface area contributed by atoms with Crippen molar-refractivity contribution in [1.29, 1.82) is 0 Å². The van der Waals surface area contributed by atoms with Crippen molar-refractivity contribution in [1.82, 2.24) is 15.2 Å². The first-order chi connectivity index (χ1) is 14.2. The third-order valence-electron chi connectivity index (χ3n) is 4.26. The third-order valence-corrected chi connectivity index (χ3v) is 4.45. The number of aromatic hydroxyl groups is 1. The fourth-order valence-corrected chi connectivity index (χ4v) is 3.15. The minimum atomic E-state index is -1.03. The number of aryl methyl sites for hydroxylation is 3. The summed E-state index contributed by atoms with van der Waals surface area (Å²) in [6.45, 7) is 5.74. The number of thiocarbonyl (C=S) groups is 1. The molecule has 1 heterocycles. The molecule has 30 heavy (non-hydrogen) atoms. The van der Waals surface area contributed by atoms with Crippen molar-refractivity contribution in [2.24, 2.45) is 5.10 Å². The summed E-state index contributed by atoms with van der Waals surface area (Å²) < 4.78 is 1.46. The number of hydrogen-bond donors (Lipinski definition) is 4. The van der Waals surface area contributed by atoms with E-state index < -0.39 is 5.97 Å². The van der Waals surface area contributed by atoms with Gasteiger partial charge in [0.05, 0.1) is 28.7 Å². The van der Waals surface area contributed by atoms with Gasteiger partial charge in [-0.15, -0.1) is 0 Å². The highest BCUT2D eigenvalue weighted by molar-refractivity contribution is 7.80. The molecule has 0 aliphatic rings. The van der Waals surface area contributed by atoms with E-state index in [2.05, 4.69) is 20.9 Å². The predicted molar refractivity (Wildman–Crippen MR) is 120 cm³/mol. The fourth-order valence-electron chi connectivity index (χ4n) is 2.98. The number of carbonyl (C=O) groups is 1. The van der Waals surface area contributed by atoms with Crippen LogP contribution >= 0.6 is 12.2 Å². The van der Waals surface area contributed by atoms with Gasteiger partial charge < -0.3 is 15.5 Å². The first-order valence-electron chi connectivity index (χ1n) is 9.05. The lowest BCUT2D eigenvalue weighted by Gasteiger charge is -2.07. The average molecular weight is 423 g/mol. The van der Waals surface area contributed by atoms with Crippen LogP contribution in [-0.4, -0.2) is 37.3 Å².